The van der Waals surface area contributed by atoms with Crippen LogP contribution in [0.2, 0.25) is 0 Å². The summed E-state index contributed by atoms with van der Waals surface area (Å²) in [6.07, 6.45) is 4.45. The molecule has 1 saturated heterocycles. The highest BCUT2D eigenvalue weighted by atomic mass is 16.5. The normalized spacial score (nSPS) is 23.6. The van der Waals surface area contributed by atoms with Gasteiger partial charge in [-0.2, -0.15) is 4.98 Å². The van der Waals surface area contributed by atoms with E-state index in [1.54, 1.807) is 0 Å². The Hall–Kier alpha value is -1.23. The first kappa shape index (κ1) is 9.33. The number of rotatable bonds is 3. The zero-order valence-electron chi connectivity index (χ0n) is 7.93. The van der Waals surface area contributed by atoms with E-state index in [0.717, 1.165) is 32.2 Å². The molecule has 0 radical (unpaired) electrons. The van der Waals surface area contributed by atoms with Crippen LogP contribution in [0.15, 0.2) is 10.9 Å². The number of piperidine rings is 1. The van der Waals surface area contributed by atoms with Crippen LogP contribution in [0.4, 0.5) is 0 Å². The summed E-state index contributed by atoms with van der Waals surface area (Å²) in [6, 6.07) is 0. The lowest BCUT2D eigenvalue weighted by Crippen LogP contribution is -2.35. The van der Waals surface area contributed by atoms with Crippen molar-refractivity contribution in [3.63, 3.8) is 0 Å². The fraction of sp³-hybridized carbons (Fsp3) is 0.667. The highest BCUT2D eigenvalue weighted by Gasteiger charge is 2.20. The molecule has 1 unspecified atom stereocenters. The van der Waals surface area contributed by atoms with Crippen LogP contribution in [-0.2, 0) is 11.3 Å². The Morgan fingerprint density at radius 2 is 2.64 bits per heavy atom. The largest absolute Gasteiger partial charge is 0.343 e. The summed E-state index contributed by atoms with van der Waals surface area (Å²) in [5.41, 5.74) is 0. The van der Waals surface area contributed by atoms with Gasteiger partial charge in [0.05, 0.1) is 6.54 Å². The van der Waals surface area contributed by atoms with Crippen molar-refractivity contribution in [3.8, 4) is 0 Å². The van der Waals surface area contributed by atoms with Crippen molar-refractivity contribution in [2.75, 3.05) is 13.1 Å². The number of carbonyl (C=O) groups is 1. The van der Waals surface area contributed by atoms with E-state index in [4.69, 9.17) is 0 Å². The van der Waals surface area contributed by atoms with Crippen molar-refractivity contribution < 1.29 is 9.32 Å². The molecule has 0 amide bonds. The summed E-state index contributed by atoms with van der Waals surface area (Å²) >= 11 is 0. The molecule has 1 atom stereocenters. The van der Waals surface area contributed by atoms with Crippen LogP contribution in [0.1, 0.15) is 18.7 Å². The van der Waals surface area contributed by atoms with E-state index in [1.165, 1.54) is 6.39 Å². The average Bonchev–Trinajstić information content (AvgIpc) is 2.71. The van der Waals surface area contributed by atoms with Gasteiger partial charge in [0.15, 0.2) is 5.82 Å². The summed E-state index contributed by atoms with van der Waals surface area (Å²) in [5.74, 6) is 0.868. The number of aromatic nitrogens is 2. The highest BCUT2D eigenvalue weighted by Crippen LogP contribution is 2.15. The van der Waals surface area contributed by atoms with E-state index in [9.17, 15) is 4.79 Å². The van der Waals surface area contributed by atoms with Gasteiger partial charge in [0, 0.05) is 12.5 Å². The van der Waals surface area contributed by atoms with Gasteiger partial charge in [0.2, 0.25) is 6.39 Å². The second kappa shape index (κ2) is 4.32. The van der Waals surface area contributed by atoms with Gasteiger partial charge in [0.25, 0.3) is 0 Å². The Kier molecular flexibility index (Phi) is 2.88. The first-order valence-corrected chi connectivity index (χ1v) is 4.81. The van der Waals surface area contributed by atoms with Gasteiger partial charge in [-0.05, 0) is 19.4 Å². The molecule has 0 aromatic carbocycles. The van der Waals surface area contributed by atoms with Gasteiger partial charge in [-0.15, -0.1) is 0 Å². The van der Waals surface area contributed by atoms with E-state index in [0.29, 0.717) is 12.4 Å². The van der Waals surface area contributed by atoms with Crippen LogP contribution in [0.5, 0.6) is 0 Å². The summed E-state index contributed by atoms with van der Waals surface area (Å²) in [6.45, 7) is 2.51. The monoisotopic (exact) mass is 195 g/mol. The molecule has 1 aromatic rings. The first-order valence-electron chi connectivity index (χ1n) is 4.81. The van der Waals surface area contributed by atoms with Gasteiger partial charge in [-0.3, -0.25) is 4.90 Å². The number of aldehydes is 1. The lowest BCUT2D eigenvalue weighted by Gasteiger charge is -2.28. The Morgan fingerprint density at radius 3 is 3.36 bits per heavy atom. The molecular formula is C9H13N3O2. The van der Waals surface area contributed by atoms with Crippen molar-refractivity contribution in [2.45, 2.75) is 19.4 Å². The molecule has 5 heteroatoms. The molecule has 2 heterocycles. The molecule has 5 nitrogen and oxygen atoms in total. The Bertz CT molecular complexity index is 286. The lowest BCUT2D eigenvalue weighted by atomic mass is 10.00. The maximum atomic E-state index is 10.6. The van der Waals surface area contributed by atoms with Crippen LogP contribution in [0, 0.1) is 5.92 Å². The Balaban J connectivity index is 1.89. The zero-order valence-corrected chi connectivity index (χ0v) is 7.93. The molecule has 0 bridgehead atoms. The second-order valence-corrected chi connectivity index (χ2v) is 3.62. The highest BCUT2D eigenvalue weighted by molar-refractivity contribution is 5.53. The molecule has 1 aliphatic rings. The van der Waals surface area contributed by atoms with Gasteiger partial charge < -0.3 is 9.32 Å². The van der Waals surface area contributed by atoms with Gasteiger partial charge in [-0.25, -0.2) is 0 Å². The molecule has 14 heavy (non-hydrogen) atoms. The first-order chi connectivity index (χ1) is 6.88. The van der Waals surface area contributed by atoms with Crippen LogP contribution in [0.25, 0.3) is 0 Å². The van der Waals surface area contributed by atoms with Crippen LogP contribution in [-0.4, -0.2) is 34.4 Å². The molecule has 1 aliphatic heterocycles. The molecule has 1 aromatic heterocycles. The number of nitrogens with zero attached hydrogens (tertiary/aromatic N) is 3. The molecule has 0 spiro atoms. The molecule has 0 N–H and O–H groups in total. The maximum Gasteiger partial charge on any atom is 0.213 e. The quantitative estimate of drug-likeness (QED) is 0.656. The summed E-state index contributed by atoms with van der Waals surface area (Å²) in [4.78, 5) is 16.8. The smallest absolute Gasteiger partial charge is 0.213 e. The SMILES string of the molecule is O=CC1CCCN(Cc2ncon2)C1. The van der Waals surface area contributed by atoms with Crippen molar-refractivity contribution in [1.29, 1.82) is 0 Å². The van der Waals surface area contributed by atoms with Crippen molar-refractivity contribution in [1.82, 2.24) is 15.0 Å². The fourth-order valence-electron chi connectivity index (χ4n) is 1.81. The molecule has 2 rings (SSSR count). The molecule has 0 saturated carbocycles. The Morgan fingerprint density at radius 1 is 1.71 bits per heavy atom. The van der Waals surface area contributed by atoms with Gasteiger partial charge in [-0.1, -0.05) is 5.16 Å². The van der Waals surface area contributed by atoms with E-state index >= 15 is 0 Å². The third kappa shape index (κ3) is 2.17. The number of carbonyl (C=O) groups excluding carboxylic acids is 1. The minimum atomic E-state index is 0.177. The standard InChI is InChI=1S/C9H13N3O2/c13-6-8-2-1-3-12(4-8)5-9-10-7-14-11-9/h6-8H,1-5H2. The fourth-order valence-corrected chi connectivity index (χ4v) is 1.81. The average molecular weight is 195 g/mol. The van der Waals surface area contributed by atoms with Crippen LogP contribution >= 0.6 is 0 Å². The zero-order chi connectivity index (χ0) is 9.80. The van der Waals surface area contributed by atoms with Crippen LogP contribution < -0.4 is 0 Å². The summed E-state index contributed by atoms with van der Waals surface area (Å²) < 4.78 is 4.65. The van der Waals surface area contributed by atoms with E-state index in [2.05, 4.69) is 19.6 Å². The van der Waals surface area contributed by atoms with Crippen molar-refractivity contribution in [2.24, 2.45) is 5.92 Å². The maximum absolute atomic E-state index is 10.6. The second-order valence-electron chi connectivity index (χ2n) is 3.62. The number of hydrogen-bond donors (Lipinski definition) is 0. The Labute approximate surface area is 82.1 Å². The lowest BCUT2D eigenvalue weighted by molar-refractivity contribution is -0.112. The summed E-state index contributed by atoms with van der Waals surface area (Å²) in [5, 5.41) is 3.75. The van der Waals surface area contributed by atoms with Crippen LogP contribution in [0.3, 0.4) is 0 Å². The van der Waals surface area contributed by atoms with E-state index in [-0.39, 0.29) is 5.92 Å². The van der Waals surface area contributed by atoms with Gasteiger partial charge >= 0.3 is 0 Å². The molecular weight excluding hydrogens is 182 g/mol. The van der Waals surface area contributed by atoms with E-state index < -0.39 is 0 Å². The molecule has 0 aliphatic carbocycles. The number of likely N-dealkylation sites (tertiary alicyclic amines) is 1. The van der Waals surface area contributed by atoms with Crippen molar-refractivity contribution in [3.05, 3.63) is 12.2 Å². The summed E-state index contributed by atoms with van der Waals surface area (Å²) in [7, 11) is 0. The van der Waals surface area contributed by atoms with Gasteiger partial charge in [0.1, 0.15) is 6.29 Å². The number of hydrogen-bond acceptors (Lipinski definition) is 5. The topological polar surface area (TPSA) is 59.2 Å². The molecule has 76 valence electrons. The third-order valence-corrected chi connectivity index (χ3v) is 2.51. The third-order valence-electron chi connectivity index (χ3n) is 2.51. The van der Waals surface area contributed by atoms with E-state index in [1.807, 2.05) is 0 Å². The minimum absolute atomic E-state index is 0.177. The minimum Gasteiger partial charge on any atom is -0.343 e. The van der Waals surface area contributed by atoms with Crippen molar-refractivity contribution >= 4 is 6.29 Å². The predicted molar refractivity (Wildman–Crippen MR) is 48.4 cm³/mol. The predicted octanol–water partition coefficient (Wildman–Crippen LogP) is 0.481. The molecule has 1 fully saturated rings.